The average molecular weight is 344 g/mol. The van der Waals surface area contributed by atoms with Gasteiger partial charge in [-0.25, -0.2) is 4.98 Å². The molecule has 0 aliphatic heterocycles. The molecule has 4 nitrogen and oxygen atoms in total. The summed E-state index contributed by atoms with van der Waals surface area (Å²) in [6, 6.07) is 9.29. The lowest BCUT2D eigenvalue weighted by molar-refractivity contribution is 0.102. The topological polar surface area (TPSA) is 46.9 Å². The number of nitrogens with zero attached hydrogens (tertiary/aromatic N) is 2. The van der Waals surface area contributed by atoms with E-state index in [-0.39, 0.29) is 5.91 Å². The van der Waals surface area contributed by atoms with Crippen LogP contribution in [0.3, 0.4) is 0 Å². The van der Waals surface area contributed by atoms with Gasteiger partial charge in [-0.05, 0) is 49.6 Å². The molecule has 1 aromatic carbocycles. The third-order valence-electron chi connectivity index (χ3n) is 3.91. The lowest BCUT2D eigenvalue weighted by atomic mass is 10.2. The van der Waals surface area contributed by atoms with Crippen LogP contribution in [0.15, 0.2) is 42.7 Å². The normalized spacial score (nSPS) is 13.1. The highest BCUT2D eigenvalue weighted by molar-refractivity contribution is 7.16. The molecule has 0 fully saturated rings. The SMILES string of the molecule is O=C(Nc1nc2c(s1)CCC2)c1cc(-n2cccc2)ccc1Cl. The van der Waals surface area contributed by atoms with Crippen LogP contribution < -0.4 is 5.32 Å². The number of amides is 1. The number of carbonyl (C=O) groups is 1. The van der Waals surface area contributed by atoms with E-state index in [0.717, 1.165) is 30.6 Å². The molecule has 1 aliphatic carbocycles. The van der Waals surface area contributed by atoms with E-state index in [1.54, 1.807) is 23.5 Å². The highest BCUT2D eigenvalue weighted by Crippen LogP contribution is 2.31. The monoisotopic (exact) mass is 343 g/mol. The van der Waals surface area contributed by atoms with E-state index in [4.69, 9.17) is 11.6 Å². The first-order valence-electron chi connectivity index (χ1n) is 7.43. The summed E-state index contributed by atoms with van der Waals surface area (Å²) in [5, 5.41) is 3.96. The van der Waals surface area contributed by atoms with Gasteiger partial charge in [-0.1, -0.05) is 11.6 Å². The predicted octanol–water partition coefficient (Wildman–Crippen LogP) is 4.33. The lowest BCUT2D eigenvalue weighted by Gasteiger charge is -2.08. The zero-order valence-corrected chi connectivity index (χ0v) is 13.8. The Hall–Kier alpha value is -2.11. The molecule has 0 atom stereocenters. The van der Waals surface area contributed by atoms with E-state index in [2.05, 4.69) is 10.3 Å². The highest BCUT2D eigenvalue weighted by atomic mass is 35.5. The number of thiazole rings is 1. The number of benzene rings is 1. The van der Waals surface area contributed by atoms with Crippen molar-refractivity contribution in [2.45, 2.75) is 19.3 Å². The van der Waals surface area contributed by atoms with Gasteiger partial charge in [0.2, 0.25) is 0 Å². The molecule has 0 radical (unpaired) electrons. The third-order valence-corrected chi connectivity index (χ3v) is 5.32. The second kappa shape index (κ2) is 5.83. The maximum Gasteiger partial charge on any atom is 0.259 e. The second-order valence-corrected chi connectivity index (χ2v) is 6.94. The van der Waals surface area contributed by atoms with E-state index in [0.29, 0.717) is 15.7 Å². The van der Waals surface area contributed by atoms with Gasteiger partial charge in [-0.3, -0.25) is 10.1 Å². The van der Waals surface area contributed by atoms with Gasteiger partial charge in [0, 0.05) is 23.0 Å². The van der Waals surface area contributed by atoms with Crippen molar-refractivity contribution in [3.63, 3.8) is 0 Å². The van der Waals surface area contributed by atoms with Crippen molar-refractivity contribution in [1.82, 2.24) is 9.55 Å². The van der Waals surface area contributed by atoms with Crippen LogP contribution in [0.2, 0.25) is 5.02 Å². The lowest BCUT2D eigenvalue weighted by Crippen LogP contribution is -2.13. The van der Waals surface area contributed by atoms with Gasteiger partial charge >= 0.3 is 0 Å². The molecule has 0 unspecified atom stereocenters. The molecule has 116 valence electrons. The van der Waals surface area contributed by atoms with E-state index in [9.17, 15) is 4.79 Å². The fraction of sp³-hybridized carbons (Fsp3) is 0.176. The van der Waals surface area contributed by atoms with Gasteiger partial charge in [0.1, 0.15) is 0 Å². The van der Waals surface area contributed by atoms with E-state index in [1.165, 1.54) is 4.88 Å². The second-order valence-electron chi connectivity index (χ2n) is 5.45. The van der Waals surface area contributed by atoms with Crippen LogP contribution in [0, 0.1) is 0 Å². The molecule has 4 rings (SSSR count). The van der Waals surface area contributed by atoms with Gasteiger partial charge in [0.25, 0.3) is 5.91 Å². The predicted molar refractivity (Wildman–Crippen MR) is 92.9 cm³/mol. The number of aromatic nitrogens is 2. The molecule has 0 spiro atoms. The number of hydrogen-bond donors (Lipinski definition) is 1. The molecule has 23 heavy (non-hydrogen) atoms. The minimum absolute atomic E-state index is 0.226. The summed E-state index contributed by atoms with van der Waals surface area (Å²) >= 11 is 7.77. The largest absolute Gasteiger partial charge is 0.324 e. The van der Waals surface area contributed by atoms with Crippen molar-refractivity contribution in [2.75, 3.05) is 5.32 Å². The Bertz CT molecular complexity index is 849. The minimum atomic E-state index is -0.226. The van der Waals surface area contributed by atoms with Crippen molar-refractivity contribution < 1.29 is 4.79 Å². The summed E-state index contributed by atoms with van der Waals surface area (Å²) < 4.78 is 1.94. The van der Waals surface area contributed by atoms with Crippen LogP contribution in [-0.2, 0) is 12.8 Å². The Balaban J connectivity index is 1.61. The molecule has 3 aromatic rings. The standard InChI is InChI=1S/C17H14ClN3OS/c18-13-7-6-11(21-8-1-2-9-21)10-12(13)16(22)20-17-19-14-4-3-5-15(14)23-17/h1-2,6-10H,3-5H2,(H,19,20,22). The third kappa shape index (κ3) is 2.78. The Morgan fingerprint density at radius 2 is 2.09 bits per heavy atom. The van der Waals surface area contributed by atoms with Crippen molar-refractivity contribution in [3.05, 3.63) is 63.9 Å². The van der Waals surface area contributed by atoms with Crippen molar-refractivity contribution in [3.8, 4) is 5.69 Å². The first-order valence-corrected chi connectivity index (χ1v) is 8.63. The van der Waals surface area contributed by atoms with Crippen LogP contribution in [-0.4, -0.2) is 15.5 Å². The van der Waals surface area contributed by atoms with Gasteiger partial charge in [0.05, 0.1) is 16.3 Å². The number of fused-ring (bicyclic) bond motifs is 1. The molecular weight excluding hydrogens is 330 g/mol. The fourth-order valence-electron chi connectivity index (χ4n) is 2.76. The summed E-state index contributed by atoms with van der Waals surface area (Å²) in [7, 11) is 0. The van der Waals surface area contributed by atoms with Gasteiger partial charge < -0.3 is 4.57 Å². The van der Waals surface area contributed by atoms with Crippen molar-refractivity contribution >= 4 is 34.0 Å². The Kier molecular flexibility index (Phi) is 3.67. The summed E-state index contributed by atoms with van der Waals surface area (Å²) in [6.07, 6.45) is 7.08. The molecule has 1 amide bonds. The Morgan fingerprint density at radius 3 is 2.87 bits per heavy atom. The molecule has 1 N–H and O–H groups in total. The first-order chi connectivity index (χ1) is 11.2. The number of hydrogen-bond acceptors (Lipinski definition) is 3. The smallest absolute Gasteiger partial charge is 0.259 e. The Morgan fingerprint density at radius 1 is 1.26 bits per heavy atom. The highest BCUT2D eigenvalue weighted by Gasteiger charge is 2.19. The van der Waals surface area contributed by atoms with Crippen LogP contribution in [0.4, 0.5) is 5.13 Å². The van der Waals surface area contributed by atoms with E-state index in [1.807, 2.05) is 35.2 Å². The average Bonchev–Trinajstić information content (AvgIpc) is 3.23. The van der Waals surface area contributed by atoms with Gasteiger partial charge in [-0.15, -0.1) is 11.3 Å². The molecule has 0 bridgehead atoms. The molecule has 0 saturated heterocycles. The molecule has 2 heterocycles. The zero-order chi connectivity index (χ0) is 15.8. The summed E-state index contributed by atoms with van der Waals surface area (Å²) in [5.74, 6) is -0.226. The Labute approximate surface area is 142 Å². The molecule has 0 saturated carbocycles. The summed E-state index contributed by atoms with van der Waals surface area (Å²) in [5.41, 5.74) is 2.47. The van der Waals surface area contributed by atoms with Gasteiger partial charge in [-0.2, -0.15) is 0 Å². The van der Waals surface area contributed by atoms with E-state index >= 15 is 0 Å². The number of rotatable bonds is 3. The quantitative estimate of drug-likeness (QED) is 0.769. The van der Waals surface area contributed by atoms with Crippen molar-refractivity contribution in [2.24, 2.45) is 0 Å². The zero-order valence-electron chi connectivity index (χ0n) is 12.3. The number of anilines is 1. The summed E-state index contributed by atoms with van der Waals surface area (Å²) in [6.45, 7) is 0. The molecular formula is C17H14ClN3OS. The number of carbonyl (C=O) groups excluding carboxylic acids is 1. The summed E-state index contributed by atoms with van der Waals surface area (Å²) in [4.78, 5) is 18.3. The number of halogens is 1. The first kappa shape index (κ1) is 14.5. The minimum Gasteiger partial charge on any atom is -0.324 e. The molecule has 6 heteroatoms. The van der Waals surface area contributed by atoms with Crippen molar-refractivity contribution in [1.29, 1.82) is 0 Å². The van der Waals surface area contributed by atoms with Crippen LogP contribution in [0.25, 0.3) is 5.69 Å². The fourth-order valence-corrected chi connectivity index (χ4v) is 4.01. The van der Waals surface area contributed by atoms with Crippen LogP contribution in [0.1, 0.15) is 27.3 Å². The van der Waals surface area contributed by atoms with Crippen LogP contribution >= 0.6 is 22.9 Å². The molecule has 1 aliphatic rings. The van der Waals surface area contributed by atoms with Gasteiger partial charge in [0.15, 0.2) is 5.13 Å². The molecule has 2 aromatic heterocycles. The maximum atomic E-state index is 12.5. The number of nitrogens with one attached hydrogen (secondary N) is 1. The maximum absolute atomic E-state index is 12.5. The van der Waals surface area contributed by atoms with E-state index < -0.39 is 0 Å². The number of aryl methyl sites for hydroxylation is 2. The van der Waals surface area contributed by atoms with Crippen LogP contribution in [0.5, 0.6) is 0 Å².